The highest BCUT2D eigenvalue weighted by Gasteiger charge is 2.25. The fourth-order valence-corrected chi connectivity index (χ4v) is 5.29. The number of carbonyl (C=O) groups excluding carboxylic acids is 1. The molecule has 0 bridgehead atoms. The molecule has 1 aromatic heterocycles. The number of benzene rings is 3. The van der Waals surface area contributed by atoms with E-state index < -0.39 is 0 Å². The first-order chi connectivity index (χ1) is 18.1. The van der Waals surface area contributed by atoms with Crippen LogP contribution in [0.4, 0.5) is 0 Å². The van der Waals surface area contributed by atoms with Crippen LogP contribution < -0.4 is 9.47 Å². The third-order valence-corrected chi connectivity index (χ3v) is 7.42. The van der Waals surface area contributed by atoms with E-state index in [-0.39, 0.29) is 12.0 Å². The van der Waals surface area contributed by atoms with Crippen molar-refractivity contribution in [2.75, 3.05) is 13.1 Å². The summed E-state index contributed by atoms with van der Waals surface area (Å²) >= 11 is 6.06. The van der Waals surface area contributed by atoms with E-state index in [1.54, 1.807) is 30.5 Å². The standard InChI is InChI=1S/C31H28ClNO4/c1-20(33-15-3-2-4-16-33)36-25-13-9-21(10-14-25)29-26-18-23-6-5-17-35-27(23)19-28(26)37-31(29)30(34)22-7-11-24(32)12-8-22/h5,7-14,17-20H,2-4,6,15-16H2,1H3. The molecule has 1 saturated heterocycles. The number of fused-ring (bicyclic) bond motifs is 2. The minimum absolute atomic E-state index is 0.0162. The number of hydrogen-bond donors (Lipinski definition) is 0. The van der Waals surface area contributed by atoms with Crippen molar-refractivity contribution < 1.29 is 18.7 Å². The molecule has 5 nitrogen and oxygen atoms in total. The van der Waals surface area contributed by atoms with E-state index in [2.05, 4.69) is 17.9 Å². The Bertz CT molecular complexity index is 1460. The van der Waals surface area contributed by atoms with Crippen molar-refractivity contribution in [1.82, 2.24) is 4.90 Å². The van der Waals surface area contributed by atoms with Crippen molar-refractivity contribution in [3.05, 3.63) is 94.9 Å². The van der Waals surface area contributed by atoms with Crippen molar-refractivity contribution in [1.29, 1.82) is 0 Å². The minimum Gasteiger partial charge on any atom is -0.475 e. The lowest BCUT2D eigenvalue weighted by atomic mass is 9.96. The lowest BCUT2D eigenvalue weighted by Crippen LogP contribution is -2.40. The molecule has 2 aliphatic rings. The predicted octanol–water partition coefficient (Wildman–Crippen LogP) is 7.64. The third kappa shape index (κ3) is 4.77. The van der Waals surface area contributed by atoms with Crippen LogP contribution in [0.25, 0.3) is 22.1 Å². The van der Waals surface area contributed by atoms with Crippen LogP contribution in [0.5, 0.6) is 11.5 Å². The van der Waals surface area contributed by atoms with Gasteiger partial charge in [0.2, 0.25) is 5.78 Å². The Morgan fingerprint density at radius 1 is 1.00 bits per heavy atom. The smallest absolute Gasteiger partial charge is 0.228 e. The first-order valence-corrected chi connectivity index (χ1v) is 13.2. The van der Waals surface area contributed by atoms with Crippen molar-refractivity contribution in [2.45, 2.75) is 38.8 Å². The maximum atomic E-state index is 13.6. The van der Waals surface area contributed by atoms with Gasteiger partial charge in [-0.15, -0.1) is 0 Å². The number of carbonyl (C=O) groups is 1. The highest BCUT2D eigenvalue weighted by atomic mass is 35.5. The molecule has 6 rings (SSSR count). The van der Waals surface area contributed by atoms with Crippen molar-refractivity contribution in [3.8, 4) is 22.6 Å². The van der Waals surface area contributed by atoms with Gasteiger partial charge in [-0.2, -0.15) is 0 Å². The number of furan rings is 1. The molecule has 0 aliphatic carbocycles. The molecule has 37 heavy (non-hydrogen) atoms. The van der Waals surface area contributed by atoms with Gasteiger partial charge < -0.3 is 13.9 Å². The Labute approximate surface area is 221 Å². The van der Waals surface area contributed by atoms with E-state index in [1.165, 1.54) is 19.3 Å². The van der Waals surface area contributed by atoms with Crippen LogP contribution in [-0.2, 0) is 6.42 Å². The molecule has 0 spiro atoms. The topological polar surface area (TPSA) is 51.9 Å². The van der Waals surface area contributed by atoms with Gasteiger partial charge in [0, 0.05) is 40.7 Å². The van der Waals surface area contributed by atoms with E-state index in [0.717, 1.165) is 53.1 Å². The number of rotatable bonds is 6. The molecule has 0 N–H and O–H groups in total. The van der Waals surface area contributed by atoms with Gasteiger partial charge in [0.15, 0.2) is 5.76 Å². The average molecular weight is 514 g/mol. The Morgan fingerprint density at radius 3 is 2.51 bits per heavy atom. The molecule has 0 radical (unpaired) electrons. The number of nitrogens with zero attached hydrogens (tertiary/aromatic N) is 1. The minimum atomic E-state index is -0.195. The zero-order chi connectivity index (χ0) is 25.4. The van der Waals surface area contributed by atoms with Gasteiger partial charge in [-0.25, -0.2) is 0 Å². The van der Waals surface area contributed by atoms with Crippen molar-refractivity contribution in [3.63, 3.8) is 0 Å². The second-order valence-corrected chi connectivity index (χ2v) is 10.1. The molecular weight excluding hydrogens is 486 g/mol. The van der Waals surface area contributed by atoms with Crippen LogP contribution in [0.1, 0.15) is 47.9 Å². The number of ketones is 1. The van der Waals surface area contributed by atoms with E-state index in [0.29, 0.717) is 21.9 Å². The summed E-state index contributed by atoms with van der Waals surface area (Å²) in [4.78, 5) is 16.0. The molecule has 3 heterocycles. The Hall–Kier alpha value is -3.54. The molecular formula is C31H28ClNO4. The summed E-state index contributed by atoms with van der Waals surface area (Å²) < 4.78 is 18.1. The fraction of sp³-hybridized carbons (Fsp3) is 0.258. The molecule has 6 heteroatoms. The maximum Gasteiger partial charge on any atom is 0.228 e. The van der Waals surface area contributed by atoms with E-state index in [4.69, 9.17) is 25.5 Å². The largest absolute Gasteiger partial charge is 0.475 e. The molecule has 4 aromatic rings. The highest BCUT2D eigenvalue weighted by molar-refractivity contribution is 6.30. The fourth-order valence-electron chi connectivity index (χ4n) is 5.17. The normalized spacial score (nSPS) is 16.3. The Balaban J connectivity index is 1.38. The summed E-state index contributed by atoms with van der Waals surface area (Å²) in [5, 5.41) is 1.46. The SMILES string of the molecule is CC(Oc1ccc(-c2c(C(=O)c3ccc(Cl)cc3)oc3cc4c(cc23)CC=CO4)cc1)N1CCCCC1. The molecule has 1 atom stereocenters. The van der Waals surface area contributed by atoms with E-state index in [1.807, 2.05) is 36.4 Å². The quantitative estimate of drug-likeness (QED) is 0.248. The molecule has 1 fully saturated rings. The average Bonchev–Trinajstić information content (AvgIpc) is 3.31. The van der Waals surface area contributed by atoms with Gasteiger partial charge in [-0.1, -0.05) is 30.2 Å². The number of allylic oxidation sites excluding steroid dienone is 1. The number of hydrogen-bond acceptors (Lipinski definition) is 5. The predicted molar refractivity (Wildman–Crippen MR) is 146 cm³/mol. The maximum absolute atomic E-state index is 13.6. The van der Waals surface area contributed by atoms with E-state index in [9.17, 15) is 4.79 Å². The molecule has 3 aromatic carbocycles. The van der Waals surface area contributed by atoms with Crippen molar-refractivity contribution >= 4 is 28.4 Å². The molecule has 0 saturated carbocycles. The Morgan fingerprint density at radius 2 is 1.76 bits per heavy atom. The number of piperidine rings is 1. The van der Waals surface area contributed by atoms with Gasteiger partial charge in [-0.3, -0.25) is 9.69 Å². The summed E-state index contributed by atoms with van der Waals surface area (Å²) in [5.41, 5.74) is 3.84. The molecule has 188 valence electrons. The first kappa shape index (κ1) is 23.8. The number of likely N-dealkylation sites (tertiary alicyclic amines) is 1. The number of halogens is 1. The van der Waals surface area contributed by atoms with Crippen LogP contribution in [-0.4, -0.2) is 30.0 Å². The Kier molecular flexibility index (Phi) is 6.49. The van der Waals surface area contributed by atoms with Crippen LogP contribution in [0, 0.1) is 0 Å². The molecule has 1 unspecified atom stereocenters. The summed E-state index contributed by atoms with van der Waals surface area (Å²) in [6.07, 6.45) is 8.16. The highest BCUT2D eigenvalue weighted by Crippen LogP contribution is 2.40. The second kappa shape index (κ2) is 10.1. The summed E-state index contributed by atoms with van der Waals surface area (Å²) in [5.74, 6) is 1.65. The lowest BCUT2D eigenvalue weighted by molar-refractivity contribution is 0.0262. The number of ether oxygens (including phenoxy) is 2. The zero-order valence-electron chi connectivity index (χ0n) is 20.7. The van der Waals surface area contributed by atoms with Gasteiger partial charge in [0.25, 0.3) is 0 Å². The first-order valence-electron chi connectivity index (χ1n) is 12.8. The van der Waals surface area contributed by atoms with Crippen LogP contribution in [0.15, 0.2) is 77.4 Å². The van der Waals surface area contributed by atoms with Gasteiger partial charge in [0.05, 0.1) is 6.26 Å². The van der Waals surface area contributed by atoms with Crippen LogP contribution in [0.2, 0.25) is 5.02 Å². The van der Waals surface area contributed by atoms with Gasteiger partial charge >= 0.3 is 0 Å². The molecule has 2 aliphatic heterocycles. The summed E-state index contributed by atoms with van der Waals surface area (Å²) in [7, 11) is 0. The van der Waals surface area contributed by atoms with Crippen LogP contribution >= 0.6 is 11.6 Å². The van der Waals surface area contributed by atoms with E-state index >= 15 is 0 Å². The monoisotopic (exact) mass is 513 g/mol. The molecule has 0 amide bonds. The van der Waals surface area contributed by atoms with Crippen molar-refractivity contribution in [2.24, 2.45) is 0 Å². The van der Waals surface area contributed by atoms with Crippen LogP contribution in [0.3, 0.4) is 0 Å². The summed E-state index contributed by atoms with van der Waals surface area (Å²) in [6, 6.07) is 18.7. The second-order valence-electron chi connectivity index (χ2n) is 9.63. The third-order valence-electron chi connectivity index (χ3n) is 7.17. The zero-order valence-corrected chi connectivity index (χ0v) is 21.5. The lowest BCUT2D eigenvalue weighted by Gasteiger charge is -2.32. The van der Waals surface area contributed by atoms with Gasteiger partial charge in [0.1, 0.15) is 23.3 Å². The summed E-state index contributed by atoms with van der Waals surface area (Å²) in [6.45, 7) is 4.24. The van der Waals surface area contributed by atoms with Gasteiger partial charge in [-0.05, 0) is 85.9 Å².